The van der Waals surface area contributed by atoms with Gasteiger partial charge in [-0.3, -0.25) is 4.79 Å². The van der Waals surface area contributed by atoms with E-state index in [1.54, 1.807) is 0 Å². The molecule has 0 aliphatic heterocycles. The zero-order valence-corrected chi connectivity index (χ0v) is 3.30. The number of carbonyl (C=O) groups excluding carboxylic acids is 1. The molecule has 0 spiro atoms. The summed E-state index contributed by atoms with van der Waals surface area (Å²) in [5, 5.41) is 0. The molecule has 3 nitrogen and oxygen atoms in total. The van der Waals surface area contributed by atoms with Crippen molar-refractivity contribution in [3.05, 3.63) is 6.65 Å². The molecule has 0 bridgehead atoms. The van der Waals surface area contributed by atoms with Gasteiger partial charge in [0.1, 0.15) is 0 Å². The first-order chi connectivity index (χ1) is 2.91. The van der Waals surface area contributed by atoms with E-state index >= 15 is 0 Å². The summed E-state index contributed by atoms with van der Waals surface area (Å²) in [6, 6.07) is 0. The molecule has 0 fully saturated rings. The van der Waals surface area contributed by atoms with Gasteiger partial charge in [0.05, 0.1) is 7.11 Å². The Morgan fingerprint density at radius 1 is 1.83 bits per heavy atom. The monoisotopic (exact) mass is 88.0 g/mol. The Labute approximate surface area is 35.6 Å². The van der Waals surface area contributed by atoms with E-state index < -0.39 is 0 Å². The molecular weight excluding hydrogens is 84.0 g/mol. The number of hydrogen-bond acceptors (Lipinski definition) is 2. The SMILES string of the molecule is COC=O.[C-]#[O+]. The summed E-state index contributed by atoms with van der Waals surface area (Å²) in [5.74, 6) is 0. The molecule has 0 aliphatic carbocycles. The Morgan fingerprint density at radius 3 is 2.00 bits per heavy atom. The predicted octanol–water partition coefficient (Wildman–Crippen LogP) is -0.248. The molecule has 0 N–H and O–H groups in total. The van der Waals surface area contributed by atoms with Crippen molar-refractivity contribution >= 4 is 6.47 Å². The van der Waals surface area contributed by atoms with Crippen molar-refractivity contribution in [2.75, 3.05) is 7.11 Å². The van der Waals surface area contributed by atoms with Crippen LogP contribution >= 0.6 is 0 Å². The minimum atomic E-state index is 0.375. The van der Waals surface area contributed by atoms with Crippen molar-refractivity contribution in [1.82, 2.24) is 0 Å². The molecule has 0 amide bonds. The van der Waals surface area contributed by atoms with Gasteiger partial charge in [-0.15, -0.1) is 0 Å². The van der Waals surface area contributed by atoms with Crippen molar-refractivity contribution in [3.8, 4) is 0 Å². The molecule has 34 valence electrons. The summed E-state index contributed by atoms with van der Waals surface area (Å²) in [6.07, 6.45) is 0. The van der Waals surface area contributed by atoms with Crippen LogP contribution in [0, 0.1) is 6.65 Å². The van der Waals surface area contributed by atoms with E-state index in [2.05, 4.69) is 11.4 Å². The summed E-state index contributed by atoms with van der Waals surface area (Å²) >= 11 is 0. The second-order valence-electron chi connectivity index (χ2n) is 0.332. The van der Waals surface area contributed by atoms with Crippen LogP contribution in [0.3, 0.4) is 0 Å². The van der Waals surface area contributed by atoms with Gasteiger partial charge in [0, 0.05) is 0 Å². The zero-order valence-electron chi connectivity index (χ0n) is 3.30. The van der Waals surface area contributed by atoms with E-state index in [4.69, 9.17) is 9.45 Å². The fourth-order valence-electron chi connectivity index (χ4n) is 0. The Morgan fingerprint density at radius 2 is 2.00 bits per heavy atom. The van der Waals surface area contributed by atoms with Gasteiger partial charge in [0.2, 0.25) is 0 Å². The Kier molecular flexibility index (Phi) is 44.3. The number of ether oxygens (including phenoxy) is 1. The summed E-state index contributed by atoms with van der Waals surface area (Å²) in [6.45, 7) is 4.88. The maximum absolute atomic E-state index is 8.95. The van der Waals surface area contributed by atoms with Crippen LogP contribution in [0.1, 0.15) is 0 Å². The maximum atomic E-state index is 8.95. The Hall–Kier alpha value is -0.790. The van der Waals surface area contributed by atoms with E-state index in [0.29, 0.717) is 6.47 Å². The van der Waals surface area contributed by atoms with Crippen molar-refractivity contribution in [2.45, 2.75) is 0 Å². The second-order valence-corrected chi connectivity index (χ2v) is 0.332. The van der Waals surface area contributed by atoms with Crippen LogP contribution in [0.25, 0.3) is 0 Å². The fraction of sp³-hybridized carbons (Fsp3) is 0.333. The van der Waals surface area contributed by atoms with Gasteiger partial charge in [-0.2, -0.15) is 0 Å². The molecule has 6 heavy (non-hydrogen) atoms. The number of hydrogen-bond donors (Lipinski definition) is 0. The molecule has 0 rings (SSSR count). The van der Waals surface area contributed by atoms with Gasteiger partial charge in [0.15, 0.2) is 0 Å². The summed E-state index contributed by atoms with van der Waals surface area (Å²) in [7, 11) is 1.31. The third-order valence-corrected chi connectivity index (χ3v) is 0.0962. The average Bonchev–Trinajstić information content (AvgIpc) is 1.72. The van der Waals surface area contributed by atoms with Crippen LogP contribution in [0.4, 0.5) is 0 Å². The van der Waals surface area contributed by atoms with E-state index in [0.717, 1.165) is 0 Å². The molecule has 0 radical (unpaired) electrons. The third-order valence-electron chi connectivity index (χ3n) is 0.0962. The van der Waals surface area contributed by atoms with E-state index in [-0.39, 0.29) is 0 Å². The van der Waals surface area contributed by atoms with Gasteiger partial charge in [-0.25, -0.2) is 0 Å². The molecule has 0 heterocycles. The van der Waals surface area contributed by atoms with Gasteiger partial charge in [-0.1, -0.05) is 0 Å². The van der Waals surface area contributed by atoms with Crippen molar-refractivity contribution in [3.63, 3.8) is 0 Å². The molecule has 0 aromatic rings. The van der Waals surface area contributed by atoms with Crippen LogP contribution in [-0.2, 0) is 14.2 Å². The molecular formula is C3H4O3. The number of carbonyl (C=O) groups is 1. The van der Waals surface area contributed by atoms with Gasteiger partial charge in [0.25, 0.3) is 6.47 Å². The van der Waals surface area contributed by atoms with Crippen LogP contribution in [0.5, 0.6) is 0 Å². The second kappa shape index (κ2) is 29.6. The quantitative estimate of drug-likeness (QED) is 0.252. The van der Waals surface area contributed by atoms with E-state index in [9.17, 15) is 0 Å². The van der Waals surface area contributed by atoms with Gasteiger partial charge in [-0.05, 0) is 0 Å². The minimum absolute atomic E-state index is 0.375. The summed E-state index contributed by atoms with van der Waals surface area (Å²) in [5.41, 5.74) is 0. The molecule has 0 aromatic carbocycles. The van der Waals surface area contributed by atoms with Crippen LogP contribution < -0.4 is 0 Å². The van der Waals surface area contributed by atoms with Crippen LogP contribution in [0.15, 0.2) is 0 Å². The molecule has 3 heteroatoms. The predicted molar refractivity (Wildman–Crippen MR) is 17.0 cm³/mol. The normalized spacial score (nSPS) is 3.83. The number of methoxy groups -OCH3 is 1. The fourth-order valence-corrected chi connectivity index (χ4v) is 0. The first-order valence-corrected chi connectivity index (χ1v) is 1.08. The average molecular weight is 88.1 g/mol. The molecule has 0 unspecified atom stereocenters. The molecule has 0 atom stereocenters. The Bertz CT molecular complexity index is 38.5. The summed E-state index contributed by atoms with van der Waals surface area (Å²) < 4.78 is 11.4. The topological polar surface area (TPSA) is 46.2 Å². The van der Waals surface area contributed by atoms with Crippen molar-refractivity contribution < 1.29 is 14.2 Å². The van der Waals surface area contributed by atoms with E-state index in [1.165, 1.54) is 7.11 Å². The standard InChI is InChI=1S/C2H4O2.CO/c1-4-2-3;1-2/h2H,1H3;. The van der Waals surface area contributed by atoms with Crippen LogP contribution in [-0.4, -0.2) is 13.6 Å². The molecule has 0 aliphatic rings. The van der Waals surface area contributed by atoms with Crippen LogP contribution in [0.2, 0.25) is 0 Å². The number of rotatable bonds is 1. The van der Waals surface area contributed by atoms with Crippen molar-refractivity contribution in [1.29, 1.82) is 0 Å². The molecule has 0 saturated heterocycles. The first-order valence-electron chi connectivity index (χ1n) is 1.08. The third kappa shape index (κ3) is 356. The first kappa shape index (κ1) is 8.96. The van der Waals surface area contributed by atoms with Crippen molar-refractivity contribution in [2.24, 2.45) is 0 Å². The zero-order chi connectivity index (χ0) is 5.41. The molecule has 0 aromatic heterocycles. The van der Waals surface area contributed by atoms with Gasteiger partial charge >= 0.3 is 11.3 Å². The molecule has 0 saturated carbocycles. The van der Waals surface area contributed by atoms with E-state index in [1.807, 2.05) is 0 Å². The summed E-state index contributed by atoms with van der Waals surface area (Å²) in [4.78, 5) is 8.95. The Balaban J connectivity index is 0. The van der Waals surface area contributed by atoms with Gasteiger partial charge < -0.3 is 4.74 Å².